The van der Waals surface area contributed by atoms with Crippen LogP contribution < -0.4 is 20.5 Å². The molecule has 9 heteroatoms. The van der Waals surface area contributed by atoms with Gasteiger partial charge in [0.2, 0.25) is 5.92 Å². The van der Waals surface area contributed by atoms with Crippen molar-refractivity contribution in [2.45, 2.75) is 116 Å². The summed E-state index contributed by atoms with van der Waals surface area (Å²) in [5, 5.41) is 2.95. The first-order valence-electron chi connectivity index (χ1n) is 15.7. The molecule has 0 atom stereocenters. The number of hydrogen-bond donors (Lipinski definition) is 2. The van der Waals surface area contributed by atoms with Crippen LogP contribution in [0.4, 0.5) is 14.5 Å². The first-order valence-corrected chi connectivity index (χ1v) is 15.7. The Morgan fingerprint density at radius 1 is 1.10 bits per heavy atom. The van der Waals surface area contributed by atoms with Crippen molar-refractivity contribution < 1.29 is 18.3 Å². The lowest BCUT2D eigenvalue weighted by molar-refractivity contribution is -0.0380. The minimum atomic E-state index is -2.61. The van der Waals surface area contributed by atoms with Gasteiger partial charge < -0.3 is 24.8 Å². The highest BCUT2D eigenvalue weighted by atomic mass is 19.3. The predicted molar refractivity (Wildman–Crippen MR) is 162 cm³/mol. The van der Waals surface area contributed by atoms with Crippen molar-refractivity contribution in [3.05, 3.63) is 56.5 Å². The maximum absolute atomic E-state index is 14.0. The second-order valence-corrected chi connectivity index (χ2v) is 12.6. The van der Waals surface area contributed by atoms with Gasteiger partial charge in [0.25, 0.3) is 11.5 Å². The summed E-state index contributed by atoms with van der Waals surface area (Å²) >= 11 is 0. The molecule has 42 heavy (non-hydrogen) atoms. The van der Waals surface area contributed by atoms with Gasteiger partial charge >= 0.3 is 0 Å². The van der Waals surface area contributed by atoms with Crippen LogP contribution in [-0.2, 0) is 6.54 Å². The summed E-state index contributed by atoms with van der Waals surface area (Å²) in [4.78, 5) is 33.7. The number of aromatic amines is 1. The zero-order valence-corrected chi connectivity index (χ0v) is 25.5. The standard InChI is InChI=1S/C33H46F2N4O3/c1-5-39(24-9-11-33(34,35)12-10-24)30-19-27(42-26-16-25(17-26)38-13-7-6-8-14-38)18-28(23(30)4)31(40)36-20-29-21(2)15-22(3)37-32(29)41/h15,18-19,24-26H,5-14,16-17,20H2,1-4H3,(H,36,40)(H,37,41)/t25-,26-. The average Bonchev–Trinajstić information content (AvgIpc) is 2.92. The molecule has 0 spiro atoms. The fourth-order valence-corrected chi connectivity index (χ4v) is 7.01. The molecule has 2 heterocycles. The van der Waals surface area contributed by atoms with Gasteiger partial charge in [-0.3, -0.25) is 9.59 Å². The number of aryl methyl sites for hydroxylation is 2. The van der Waals surface area contributed by atoms with Gasteiger partial charge in [-0.25, -0.2) is 8.78 Å². The van der Waals surface area contributed by atoms with Gasteiger partial charge in [-0.15, -0.1) is 0 Å². The number of ether oxygens (including phenoxy) is 1. The number of carbonyl (C=O) groups excluding carboxylic acids is 1. The Morgan fingerprint density at radius 3 is 2.43 bits per heavy atom. The van der Waals surface area contributed by atoms with Gasteiger partial charge in [0.15, 0.2) is 0 Å². The lowest BCUT2D eigenvalue weighted by atomic mass is 9.86. The maximum atomic E-state index is 14.0. The summed E-state index contributed by atoms with van der Waals surface area (Å²) in [5.74, 6) is -2.27. The van der Waals surface area contributed by atoms with E-state index in [9.17, 15) is 18.4 Å². The molecule has 0 radical (unpaired) electrons. The molecule has 1 amide bonds. The number of halogens is 2. The molecule has 2 aromatic rings. The highest BCUT2D eigenvalue weighted by Gasteiger charge is 2.38. The van der Waals surface area contributed by atoms with Crippen LogP contribution in [-0.4, -0.2) is 59.5 Å². The van der Waals surface area contributed by atoms with Crippen LogP contribution in [0.3, 0.4) is 0 Å². The van der Waals surface area contributed by atoms with E-state index in [0.29, 0.717) is 42.3 Å². The molecule has 1 aliphatic heterocycles. The number of rotatable bonds is 9. The Labute approximate surface area is 248 Å². The number of nitrogens with zero attached hydrogens (tertiary/aromatic N) is 2. The molecule has 2 N–H and O–H groups in total. The second-order valence-electron chi connectivity index (χ2n) is 12.6. The summed E-state index contributed by atoms with van der Waals surface area (Å²) in [6.07, 6.45) is 6.41. The third-order valence-electron chi connectivity index (χ3n) is 9.58. The topological polar surface area (TPSA) is 77.7 Å². The number of benzene rings is 1. The van der Waals surface area contributed by atoms with E-state index in [-0.39, 0.29) is 43.0 Å². The number of amides is 1. The third-order valence-corrected chi connectivity index (χ3v) is 9.58. The number of nitrogens with one attached hydrogen (secondary N) is 2. The van der Waals surface area contributed by atoms with Crippen LogP contribution in [0.2, 0.25) is 0 Å². The van der Waals surface area contributed by atoms with Gasteiger partial charge in [0.05, 0.1) is 0 Å². The zero-order chi connectivity index (χ0) is 30.0. The van der Waals surface area contributed by atoms with E-state index in [4.69, 9.17) is 4.74 Å². The summed E-state index contributed by atoms with van der Waals surface area (Å²) in [7, 11) is 0. The van der Waals surface area contributed by atoms with E-state index in [1.54, 1.807) is 6.07 Å². The van der Waals surface area contributed by atoms with Crippen LogP contribution in [0, 0.1) is 20.8 Å². The number of alkyl halides is 2. The van der Waals surface area contributed by atoms with Gasteiger partial charge in [-0.05, 0) is 89.7 Å². The highest BCUT2D eigenvalue weighted by molar-refractivity contribution is 5.97. The summed E-state index contributed by atoms with van der Waals surface area (Å²) < 4.78 is 34.5. The van der Waals surface area contributed by atoms with Crippen LogP contribution >= 0.6 is 0 Å². The van der Waals surface area contributed by atoms with Gasteiger partial charge in [-0.2, -0.15) is 0 Å². The van der Waals surface area contributed by atoms with Gasteiger partial charge in [0.1, 0.15) is 11.9 Å². The Bertz CT molecular complexity index is 1320. The van der Waals surface area contributed by atoms with Gasteiger partial charge in [-0.1, -0.05) is 6.42 Å². The molecule has 1 saturated heterocycles. The number of H-pyrrole nitrogens is 1. The quantitative estimate of drug-likeness (QED) is 0.376. The van der Waals surface area contributed by atoms with Crippen molar-refractivity contribution in [3.8, 4) is 5.75 Å². The summed E-state index contributed by atoms with van der Waals surface area (Å²) in [6.45, 7) is 10.7. The maximum Gasteiger partial charge on any atom is 0.253 e. The molecule has 2 saturated carbocycles. The van der Waals surface area contributed by atoms with E-state index in [1.165, 1.54) is 19.3 Å². The molecular formula is C33H46F2N4O3. The van der Waals surface area contributed by atoms with Crippen molar-refractivity contribution in [2.75, 3.05) is 24.5 Å². The molecule has 0 unspecified atom stereocenters. The minimum Gasteiger partial charge on any atom is -0.490 e. The molecular weight excluding hydrogens is 538 g/mol. The van der Waals surface area contributed by atoms with Crippen molar-refractivity contribution in [1.82, 2.24) is 15.2 Å². The number of hydrogen-bond acceptors (Lipinski definition) is 5. The van der Waals surface area contributed by atoms with E-state index in [1.807, 2.05) is 39.8 Å². The fourth-order valence-electron chi connectivity index (χ4n) is 7.01. The fraction of sp³-hybridized carbons (Fsp3) is 0.636. The van der Waals surface area contributed by atoms with Crippen molar-refractivity contribution in [1.29, 1.82) is 0 Å². The Hall–Kier alpha value is -2.94. The predicted octanol–water partition coefficient (Wildman–Crippen LogP) is 6.03. The van der Waals surface area contributed by atoms with Crippen molar-refractivity contribution in [3.63, 3.8) is 0 Å². The second kappa shape index (κ2) is 12.7. The van der Waals surface area contributed by atoms with Crippen LogP contribution in [0.1, 0.15) is 97.5 Å². The van der Waals surface area contributed by atoms with Gasteiger partial charge in [0, 0.05) is 79.4 Å². The van der Waals surface area contributed by atoms with Crippen LogP contribution in [0.5, 0.6) is 5.75 Å². The van der Waals surface area contributed by atoms with Crippen LogP contribution in [0.25, 0.3) is 0 Å². The number of anilines is 1. The van der Waals surface area contributed by atoms with Crippen LogP contribution in [0.15, 0.2) is 23.0 Å². The number of piperidine rings is 1. The molecule has 230 valence electrons. The van der Waals surface area contributed by atoms with Crippen molar-refractivity contribution >= 4 is 11.6 Å². The van der Waals surface area contributed by atoms with E-state index in [0.717, 1.165) is 48.4 Å². The summed E-state index contributed by atoms with van der Waals surface area (Å²) in [6, 6.07) is 6.21. The Kier molecular flexibility index (Phi) is 9.26. The molecule has 1 aromatic heterocycles. The lowest BCUT2D eigenvalue weighted by Crippen LogP contribution is -2.50. The highest BCUT2D eigenvalue weighted by Crippen LogP contribution is 2.40. The number of pyridine rings is 1. The first-order chi connectivity index (χ1) is 20.0. The molecule has 3 fully saturated rings. The molecule has 5 rings (SSSR count). The molecule has 1 aromatic carbocycles. The molecule has 2 aliphatic carbocycles. The van der Waals surface area contributed by atoms with E-state index >= 15 is 0 Å². The van der Waals surface area contributed by atoms with E-state index in [2.05, 4.69) is 20.1 Å². The molecule has 0 bridgehead atoms. The smallest absolute Gasteiger partial charge is 0.253 e. The number of carbonyl (C=O) groups is 1. The monoisotopic (exact) mass is 584 g/mol. The molecule has 7 nitrogen and oxygen atoms in total. The van der Waals surface area contributed by atoms with Crippen molar-refractivity contribution in [2.24, 2.45) is 0 Å². The number of aromatic nitrogens is 1. The first kappa shape index (κ1) is 30.5. The third kappa shape index (κ3) is 6.82. The SMILES string of the molecule is CCN(c1cc(O[C@H]2C[C@H](N3CCCCC3)C2)cc(C(=O)NCc2c(C)cc(C)[nH]c2=O)c1C)C1CCC(F)(F)CC1. The van der Waals surface area contributed by atoms with E-state index < -0.39 is 5.92 Å². The summed E-state index contributed by atoms with van der Waals surface area (Å²) in [5.41, 5.74) is 4.04. The zero-order valence-electron chi connectivity index (χ0n) is 25.5. The largest absolute Gasteiger partial charge is 0.490 e. The normalized spacial score (nSPS) is 22.8. The Morgan fingerprint density at radius 2 is 1.79 bits per heavy atom. The minimum absolute atomic E-state index is 0.0274. The Balaban J connectivity index is 1.38. The molecule has 3 aliphatic rings. The lowest BCUT2D eigenvalue weighted by Gasteiger charge is -2.44. The average molecular weight is 585 g/mol. The number of likely N-dealkylation sites (tertiary alicyclic amines) is 1.